The summed E-state index contributed by atoms with van der Waals surface area (Å²) in [5.41, 5.74) is 2.86. The maximum atomic E-state index is 11.8. The Bertz CT molecular complexity index is 700. The first-order chi connectivity index (χ1) is 9.82. The van der Waals surface area contributed by atoms with Gasteiger partial charge in [0.25, 0.3) is 5.69 Å². The third kappa shape index (κ3) is 2.69. The highest BCUT2D eigenvalue weighted by Gasteiger charge is 2.22. The molecule has 0 aliphatic carbocycles. The number of carbonyl (C=O) groups is 1. The lowest BCUT2D eigenvalue weighted by Crippen LogP contribution is -2.07. The molecule has 0 aliphatic heterocycles. The van der Waals surface area contributed by atoms with Crippen molar-refractivity contribution >= 4 is 11.5 Å². The van der Waals surface area contributed by atoms with Crippen LogP contribution in [0.1, 0.15) is 48.4 Å². The number of hydrogen-bond donors (Lipinski definition) is 0. The average Bonchev–Trinajstić information content (AvgIpc) is 2.76. The molecule has 6 nitrogen and oxygen atoms in total. The molecule has 0 saturated carbocycles. The highest BCUT2D eigenvalue weighted by molar-refractivity contribution is 5.96. The van der Waals surface area contributed by atoms with Gasteiger partial charge in [-0.1, -0.05) is 13.8 Å². The second-order valence-electron chi connectivity index (χ2n) is 5.24. The van der Waals surface area contributed by atoms with Crippen LogP contribution in [0.2, 0.25) is 0 Å². The van der Waals surface area contributed by atoms with Crippen LogP contribution < -0.4 is 0 Å². The maximum Gasteiger partial charge on any atom is 0.269 e. The van der Waals surface area contributed by atoms with Gasteiger partial charge in [0.1, 0.15) is 0 Å². The molecule has 2 aromatic rings. The maximum absolute atomic E-state index is 11.8. The number of rotatable bonds is 4. The molecule has 0 fully saturated rings. The summed E-state index contributed by atoms with van der Waals surface area (Å²) in [6, 6.07) is 6.15. The first-order valence-corrected chi connectivity index (χ1v) is 6.68. The first-order valence-electron chi connectivity index (χ1n) is 6.68. The third-order valence-corrected chi connectivity index (χ3v) is 3.30. The number of benzene rings is 1. The summed E-state index contributed by atoms with van der Waals surface area (Å²) >= 11 is 0. The lowest BCUT2D eigenvalue weighted by atomic mass is 10.0. The van der Waals surface area contributed by atoms with Gasteiger partial charge in [0.15, 0.2) is 5.78 Å². The Morgan fingerprint density at radius 3 is 2.29 bits per heavy atom. The van der Waals surface area contributed by atoms with Gasteiger partial charge in [-0.05, 0) is 31.9 Å². The van der Waals surface area contributed by atoms with Gasteiger partial charge < -0.3 is 0 Å². The topological polar surface area (TPSA) is 78.0 Å². The minimum absolute atomic E-state index is 0.0237. The molecule has 0 amide bonds. The van der Waals surface area contributed by atoms with Gasteiger partial charge in [0.05, 0.1) is 27.6 Å². The van der Waals surface area contributed by atoms with Crippen molar-refractivity contribution in [2.24, 2.45) is 0 Å². The average molecular weight is 287 g/mol. The van der Waals surface area contributed by atoms with Crippen LogP contribution in [-0.2, 0) is 0 Å². The van der Waals surface area contributed by atoms with Crippen molar-refractivity contribution in [1.82, 2.24) is 9.78 Å². The zero-order chi connectivity index (χ0) is 15.7. The summed E-state index contributed by atoms with van der Waals surface area (Å²) in [7, 11) is 0. The van der Waals surface area contributed by atoms with E-state index in [-0.39, 0.29) is 17.4 Å². The number of non-ortho nitro benzene ring substituents is 1. The predicted octanol–water partition coefficient (Wildman–Crippen LogP) is 3.41. The van der Waals surface area contributed by atoms with E-state index in [4.69, 9.17) is 0 Å². The van der Waals surface area contributed by atoms with E-state index in [0.29, 0.717) is 16.9 Å². The second-order valence-corrected chi connectivity index (χ2v) is 5.24. The van der Waals surface area contributed by atoms with Crippen LogP contribution in [0.15, 0.2) is 24.3 Å². The van der Waals surface area contributed by atoms with Gasteiger partial charge in [-0.2, -0.15) is 5.10 Å². The van der Waals surface area contributed by atoms with Crippen LogP contribution in [0.5, 0.6) is 0 Å². The number of ketones is 1. The normalized spacial score (nSPS) is 10.9. The minimum Gasteiger partial charge on any atom is -0.294 e. The molecule has 1 aromatic carbocycles. The lowest BCUT2D eigenvalue weighted by Gasteiger charge is -2.11. The van der Waals surface area contributed by atoms with E-state index < -0.39 is 4.92 Å². The molecule has 110 valence electrons. The third-order valence-electron chi connectivity index (χ3n) is 3.30. The molecule has 1 aromatic heterocycles. The summed E-state index contributed by atoms with van der Waals surface area (Å²) in [6.07, 6.45) is 0. The number of aryl methyl sites for hydroxylation is 1. The summed E-state index contributed by atoms with van der Waals surface area (Å²) in [5, 5.41) is 15.1. The fourth-order valence-electron chi connectivity index (χ4n) is 2.43. The monoisotopic (exact) mass is 287 g/mol. The van der Waals surface area contributed by atoms with Crippen molar-refractivity contribution in [3.8, 4) is 5.69 Å². The van der Waals surface area contributed by atoms with Crippen molar-refractivity contribution in [1.29, 1.82) is 0 Å². The second kappa shape index (κ2) is 5.47. The molecule has 0 spiro atoms. The van der Waals surface area contributed by atoms with Gasteiger partial charge in [0.2, 0.25) is 0 Å². The van der Waals surface area contributed by atoms with E-state index in [0.717, 1.165) is 5.69 Å². The number of nitro benzene ring substituents is 1. The molecular weight excluding hydrogens is 270 g/mol. The Hall–Kier alpha value is -2.50. The van der Waals surface area contributed by atoms with Crippen molar-refractivity contribution < 1.29 is 9.72 Å². The van der Waals surface area contributed by atoms with Crippen LogP contribution in [0.3, 0.4) is 0 Å². The van der Waals surface area contributed by atoms with E-state index >= 15 is 0 Å². The zero-order valence-corrected chi connectivity index (χ0v) is 12.5. The molecule has 2 rings (SSSR count). The standard InChI is InChI=1S/C15H17N3O3/c1-9(2)15-14(11(4)19)10(3)16-17(15)12-5-7-13(8-6-12)18(20)21/h5-9H,1-4H3. The number of hydrogen-bond acceptors (Lipinski definition) is 4. The molecule has 0 bridgehead atoms. The van der Waals surface area contributed by atoms with Crippen molar-refractivity contribution in [2.75, 3.05) is 0 Å². The van der Waals surface area contributed by atoms with Gasteiger partial charge in [-0.25, -0.2) is 4.68 Å². The predicted molar refractivity (Wildman–Crippen MR) is 79.0 cm³/mol. The van der Waals surface area contributed by atoms with Gasteiger partial charge in [0, 0.05) is 12.1 Å². The molecule has 0 saturated heterocycles. The molecule has 21 heavy (non-hydrogen) atoms. The quantitative estimate of drug-likeness (QED) is 0.490. The van der Waals surface area contributed by atoms with Crippen LogP contribution in [0.4, 0.5) is 5.69 Å². The highest BCUT2D eigenvalue weighted by atomic mass is 16.6. The summed E-state index contributed by atoms with van der Waals surface area (Å²) in [5.74, 6) is 0.0876. The number of Topliss-reactive ketones (excluding diaryl/α,β-unsaturated/α-hetero) is 1. The van der Waals surface area contributed by atoms with Crippen LogP contribution in [-0.4, -0.2) is 20.5 Å². The first kappa shape index (κ1) is 14.9. The number of nitrogens with zero attached hydrogens (tertiary/aromatic N) is 3. The van der Waals surface area contributed by atoms with E-state index in [1.165, 1.54) is 19.1 Å². The molecule has 0 N–H and O–H groups in total. The fourth-order valence-corrected chi connectivity index (χ4v) is 2.43. The SMILES string of the molecule is CC(=O)c1c(C)nn(-c2ccc([N+](=O)[O-])cc2)c1C(C)C. The van der Waals surface area contributed by atoms with E-state index in [1.807, 2.05) is 13.8 Å². The largest absolute Gasteiger partial charge is 0.294 e. The summed E-state index contributed by atoms with van der Waals surface area (Å²) < 4.78 is 1.69. The molecule has 0 radical (unpaired) electrons. The number of nitro groups is 1. The Kier molecular flexibility index (Phi) is 3.88. The van der Waals surface area contributed by atoms with Crippen LogP contribution >= 0.6 is 0 Å². The van der Waals surface area contributed by atoms with Gasteiger partial charge >= 0.3 is 0 Å². The van der Waals surface area contributed by atoms with Crippen LogP contribution in [0.25, 0.3) is 5.69 Å². The van der Waals surface area contributed by atoms with Crippen molar-refractivity contribution in [3.05, 3.63) is 51.3 Å². The zero-order valence-electron chi connectivity index (χ0n) is 12.5. The smallest absolute Gasteiger partial charge is 0.269 e. The molecule has 0 unspecified atom stereocenters. The Labute approximate surface area is 122 Å². The fraction of sp³-hybridized carbons (Fsp3) is 0.333. The van der Waals surface area contributed by atoms with Gasteiger partial charge in [-0.3, -0.25) is 14.9 Å². The molecular formula is C15H17N3O3. The molecule has 1 heterocycles. The highest BCUT2D eigenvalue weighted by Crippen LogP contribution is 2.26. The Balaban J connectivity index is 2.61. The number of aromatic nitrogens is 2. The van der Waals surface area contributed by atoms with Gasteiger partial charge in [-0.15, -0.1) is 0 Å². The number of carbonyl (C=O) groups excluding carboxylic acids is 1. The molecule has 6 heteroatoms. The minimum atomic E-state index is -0.442. The van der Waals surface area contributed by atoms with E-state index in [9.17, 15) is 14.9 Å². The lowest BCUT2D eigenvalue weighted by molar-refractivity contribution is -0.384. The van der Waals surface area contributed by atoms with E-state index in [1.54, 1.807) is 23.7 Å². The summed E-state index contributed by atoms with van der Waals surface area (Å²) in [4.78, 5) is 22.1. The molecule has 0 atom stereocenters. The van der Waals surface area contributed by atoms with Crippen LogP contribution in [0, 0.1) is 17.0 Å². The van der Waals surface area contributed by atoms with Crippen molar-refractivity contribution in [2.45, 2.75) is 33.6 Å². The summed E-state index contributed by atoms with van der Waals surface area (Å²) in [6.45, 7) is 7.30. The molecule has 0 aliphatic rings. The van der Waals surface area contributed by atoms with E-state index in [2.05, 4.69) is 5.10 Å². The van der Waals surface area contributed by atoms with Crippen molar-refractivity contribution in [3.63, 3.8) is 0 Å². The Morgan fingerprint density at radius 1 is 1.29 bits per heavy atom. The Morgan fingerprint density at radius 2 is 1.86 bits per heavy atom.